The zero-order chi connectivity index (χ0) is 21.7. The van der Waals surface area contributed by atoms with Crippen LogP contribution in [0.5, 0.6) is 11.5 Å². The van der Waals surface area contributed by atoms with Crippen LogP contribution in [0.4, 0.5) is 0 Å². The van der Waals surface area contributed by atoms with Crippen molar-refractivity contribution in [3.63, 3.8) is 0 Å². The van der Waals surface area contributed by atoms with Gasteiger partial charge in [-0.15, -0.1) is 0 Å². The summed E-state index contributed by atoms with van der Waals surface area (Å²) >= 11 is 6.04. The fourth-order valence-corrected chi connectivity index (χ4v) is 3.01. The maximum absolute atomic E-state index is 11.4. The van der Waals surface area contributed by atoms with Crippen LogP contribution in [0.3, 0.4) is 0 Å². The number of ether oxygens (including phenoxy) is 1. The lowest BCUT2D eigenvalue weighted by molar-refractivity contribution is 0.0696. The summed E-state index contributed by atoms with van der Waals surface area (Å²) in [7, 11) is 0. The highest BCUT2D eigenvalue weighted by atomic mass is 35.5. The molecule has 9 heteroatoms. The van der Waals surface area contributed by atoms with Crippen molar-refractivity contribution in [2.24, 2.45) is 0 Å². The molecule has 156 valence electrons. The van der Waals surface area contributed by atoms with Gasteiger partial charge in [0.2, 0.25) is 11.7 Å². The van der Waals surface area contributed by atoms with Crippen LogP contribution in [0.15, 0.2) is 40.9 Å². The van der Waals surface area contributed by atoms with Crippen LogP contribution in [-0.2, 0) is 19.4 Å². The first-order chi connectivity index (χ1) is 14.3. The number of aromatic carboxylic acids is 1. The molecule has 0 bridgehead atoms. The average molecular weight is 431 g/mol. The number of phenolic OH excluding ortho intramolecular Hbond substituents is 1. The number of halogens is 1. The van der Waals surface area contributed by atoms with E-state index in [1.54, 1.807) is 24.3 Å². The number of carboxylic acids is 1. The van der Waals surface area contributed by atoms with Crippen molar-refractivity contribution in [1.82, 2.24) is 10.1 Å². The lowest BCUT2D eigenvalue weighted by Gasteiger charge is -2.09. The number of carboxylic acid groups (broad SMARTS) is 1. The van der Waals surface area contributed by atoms with Gasteiger partial charge in [-0.1, -0.05) is 28.9 Å². The molecule has 0 aliphatic carbocycles. The SMILES string of the molecule is CC(=O)c1ccc(OCc2noc(CCCc3ccc(C(=O)O)cc3)n2)c(Cl)c1O. The second kappa shape index (κ2) is 9.41. The van der Waals surface area contributed by atoms with Crippen molar-refractivity contribution in [3.8, 4) is 11.5 Å². The zero-order valence-corrected chi connectivity index (χ0v) is 16.8. The average Bonchev–Trinajstić information content (AvgIpc) is 3.17. The van der Waals surface area contributed by atoms with Crippen LogP contribution < -0.4 is 4.74 Å². The van der Waals surface area contributed by atoms with Gasteiger partial charge < -0.3 is 19.5 Å². The number of hydrogen-bond acceptors (Lipinski definition) is 7. The molecule has 0 aliphatic heterocycles. The predicted molar refractivity (Wildman–Crippen MR) is 107 cm³/mol. The molecule has 0 amide bonds. The minimum atomic E-state index is -0.951. The van der Waals surface area contributed by atoms with Crippen LogP contribution in [0.2, 0.25) is 5.02 Å². The molecule has 3 rings (SSSR count). The van der Waals surface area contributed by atoms with Gasteiger partial charge in [-0.3, -0.25) is 4.79 Å². The lowest BCUT2D eigenvalue weighted by atomic mass is 10.1. The van der Waals surface area contributed by atoms with Crippen LogP contribution in [0, 0.1) is 0 Å². The minimum Gasteiger partial charge on any atom is -0.505 e. The summed E-state index contributed by atoms with van der Waals surface area (Å²) < 4.78 is 10.7. The molecular formula is C21H19ClN2O6. The molecule has 0 atom stereocenters. The number of benzene rings is 2. The number of phenols is 1. The van der Waals surface area contributed by atoms with Crippen LogP contribution in [0.1, 0.15) is 51.3 Å². The summed E-state index contributed by atoms with van der Waals surface area (Å²) in [5, 5.41) is 22.7. The van der Waals surface area contributed by atoms with E-state index in [1.807, 2.05) is 0 Å². The summed E-state index contributed by atoms with van der Waals surface area (Å²) in [6.07, 6.45) is 2.05. The molecule has 2 N–H and O–H groups in total. The second-order valence-electron chi connectivity index (χ2n) is 6.58. The van der Waals surface area contributed by atoms with Crippen molar-refractivity contribution < 1.29 is 29.1 Å². The van der Waals surface area contributed by atoms with E-state index in [-0.39, 0.29) is 40.0 Å². The Morgan fingerprint density at radius 1 is 1.13 bits per heavy atom. The van der Waals surface area contributed by atoms with Gasteiger partial charge in [0, 0.05) is 6.42 Å². The summed E-state index contributed by atoms with van der Waals surface area (Å²) in [6, 6.07) is 9.65. The zero-order valence-electron chi connectivity index (χ0n) is 16.1. The van der Waals surface area contributed by atoms with Gasteiger partial charge >= 0.3 is 5.97 Å². The largest absolute Gasteiger partial charge is 0.505 e. The number of carbonyl (C=O) groups is 2. The molecule has 30 heavy (non-hydrogen) atoms. The van der Waals surface area contributed by atoms with E-state index in [9.17, 15) is 14.7 Å². The van der Waals surface area contributed by atoms with E-state index in [0.717, 1.165) is 18.4 Å². The minimum absolute atomic E-state index is 0.0152. The second-order valence-corrected chi connectivity index (χ2v) is 6.96. The molecule has 3 aromatic rings. The predicted octanol–water partition coefficient (Wildman–Crippen LogP) is 4.08. The summed E-state index contributed by atoms with van der Waals surface area (Å²) in [4.78, 5) is 26.5. The van der Waals surface area contributed by atoms with E-state index in [1.165, 1.54) is 19.1 Å². The Bertz CT molecular complexity index is 1060. The Kier molecular flexibility index (Phi) is 6.68. The summed E-state index contributed by atoms with van der Waals surface area (Å²) in [6.45, 7) is 1.32. The Hall–Kier alpha value is -3.39. The molecule has 0 radical (unpaired) electrons. The van der Waals surface area contributed by atoms with Crippen molar-refractivity contribution in [2.45, 2.75) is 32.8 Å². The van der Waals surface area contributed by atoms with Gasteiger partial charge in [-0.2, -0.15) is 4.98 Å². The molecule has 0 spiro atoms. The number of aryl methyl sites for hydroxylation is 2. The molecule has 0 unspecified atom stereocenters. The highest BCUT2D eigenvalue weighted by Gasteiger charge is 2.16. The quantitative estimate of drug-likeness (QED) is 0.487. The third-order valence-electron chi connectivity index (χ3n) is 4.38. The van der Waals surface area contributed by atoms with Crippen molar-refractivity contribution in [1.29, 1.82) is 0 Å². The topological polar surface area (TPSA) is 123 Å². The number of hydrogen-bond donors (Lipinski definition) is 2. The van der Waals surface area contributed by atoms with E-state index in [0.29, 0.717) is 18.1 Å². The van der Waals surface area contributed by atoms with Gasteiger partial charge in [0.1, 0.15) is 16.5 Å². The van der Waals surface area contributed by atoms with E-state index < -0.39 is 5.97 Å². The van der Waals surface area contributed by atoms with E-state index in [4.69, 9.17) is 26.0 Å². The smallest absolute Gasteiger partial charge is 0.335 e. The normalized spacial score (nSPS) is 10.7. The number of aromatic nitrogens is 2. The Morgan fingerprint density at radius 3 is 2.53 bits per heavy atom. The first-order valence-electron chi connectivity index (χ1n) is 9.14. The molecule has 1 heterocycles. The number of nitrogens with zero attached hydrogens (tertiary/aromatic N) is 2. The van der Waals surface area contributed by atoms with Gasteiger partial charge in [-0.05, 0) is 49.6 Å². The fourth-order valence-electron chi connectivity index (χ4n) is 2.79. The molecule has 0 saturated carbocycles. The maximum atomic E-state index is 11.4. The monoisotopic (exact) mass is 430 g/mol. The Morgan fingerprint density at radius 2 is 1.87 bits per heavy atom. The number of rotatable bonds is 9. The Balaban J connectivity index is 1.51. The molecule has 0 fully saturated rings. The number of carbonyl (C=O) groups excluding carboxylic acids is 1. The van der Waals surface area contributed by atoms with Crippen LogP contribution in [0.25, 0.3) is 0 Å². The first-order valence-corrected chi connectivity index (χ1v) is 9.52. The molecule has 0 saturated heterocycles. The number of ketones is 1. The van der Waals surface area contributed by atoms with Gasteiger partial charge in [0.05, 0.1) is 11.1 Å². The van der Waals surface area contributed by atoms with Crippen LogP contribution in [-0.4, -0.2) is 32.1 Å². The highest BCUT2D eigenvalue weighted by molar-refractivity contribution is 6.34. The molecule has 8 nitrogen and oxygen atoms in total. The molecule has 1 aromatic heterocycles. The molecule has 2 aromatic carbocycles. The lowest BCUT2D eigenvalue weighted by Crippen LogP contribution is -2.00. The standard InChI is InChI=1S/C21H19ClN2O6/c1-12(25)15-9-10-16(19(22)20(15)26)29-11-17-23-18(30-24-17)4-2-3-13-5-7-14(8-6-13)21(27)28/h5-10,26H,2-4,11H2,1H3,(H,27,28). The van der Waals surface area contributed by atoms with Crippen LogP contribution >= 0.6 is 11.6 Å². The van der Waals surface area contributed by atoms with E-state index >= 15 is 0 Å². The molecule has 0 aliphatic rings. The van der Waals surface area contributed by atoms with Crippen molar-refractivity contribution in [3.05, 3.63) is 69.8 Å². The Labute approximate surface area is 177 Å². The number of aromatic hydroxyl groups is 1. The van der Waals surface area contributed by atoms with Crippen molar-refractivity contribution >= 4 is 23.4 Å². The maximum Gasteiger partial charge on any atom is 0.335 e. The van der Waals surface area contributed by atoms with Crippen molar-refractivity contribution in [2.75, 3.05) is 0 Å². The third kappa shape index (κ3) is 5.15. The summed E-state index contributed by atoms with van der Waals surface area (Å²) in [5.41, 5.74) is 1.39. The number of Topliss-reactive ketones (excluding diaryl/α,β-unsaturated/α-hetero) is 1. The first kappa shape index (κ1) is 21.3. The molecular weight excluding hydrogens is 412 g/mol. The highest BCUT2D eigenvalue weighted by Crippen LogP contribution is 2.36. The van der Waals surface area contributed by atoms with Gasteiger partial charge in [-0.25, -0.2) is 4.79 Å². The van der Waals surface area contributed by atoms with Gasteiger partial charge in [0.15, 0.2) is 12.4 Å². The van der Waals surface area contributed by atoms with E-state index in [2.05, 4.69) is 10.1 Å². The fraction of sp³-hybridized carbons (Fsp3) is 0.238. The summed E-state index contributed by atoms with van der Waals surface area (Å²) in [5.74, 6) is -0.601. The third-order valence-corrected chi connectivity index (χ3v) is 4.75. The van der Waals surface area contributed by atoms with Gasteiger partial charge in [0.25, 0.3) is 0 Å².